The Morgan fingerprint density at radius 2 is 2.18 bits per heavy atom. The second-order valence-corrected chi connectivity index (χ2v) is 6.29. The lowest BCUT2D eigenvalue weighted by molar-refractivity contribution is -0.149. The van der Waals surface area contributed by atoms with Gasteiger partial charge in [0, 0.05) is 52.7 Å². The predicted octanol–water partition coefficient (Wildman–Crippen LogP) is -0.157. The van der Waals surface area contributed by atoms with Crippen molar-refractivity contribution in [3.05, 3.63) is 11.7 Å². The highest BCUT2D eigenvalue weighted by Gasteiger charge is 2.57. The summed E-state index contributed by atoms with van der Waals surface area (Å²) in [7, 11) is 1.67. The number of aliphatic carboxylic acids is 1. The fourth-order valence-corrected chi connectivity index (χ4v) is 3.69. The van der Waals surface area contributed by atoms with Crippen LogP contribution < -0.4 is 0 Å². The Morgan fingerprint density at radius 3 is 2.77 bits per heavy atom. The fraction of sp³-hybridized carbons (Fsp3) is 0.786. The van der Waals surface area contributed by atoms with Crippen LogP contribution in [0.5, 0.6) is 0 Å². The van der Waals surface area contributed by atoms with Crippen LogP contribution in [0.2, 0.25) is 0 Å². The molecule has 1 aromatic heterocycles. The molecule has 2 saturated heterocycles. The van der Waals surface area contributed by atoms with Gasteiger partial charge in [0.25, 0.3) is 0 Å². The zero-order chi connectivity index (χ0) is 15.7. The predicted molar refractivity (Wildman–Crippen MR) is 76.2 cm³/mol. The van der Waals surface area contributed by atoms with E-state index < -0.39 is 11.4 Å². The molecular formula is C14H22N4O4. The van der Waals surface area contributed by atoms with Gasteiger partial charge in [-0.1, -0.05) is 5.16 Å². The third kappa shape index (κ3) is 2.73. The minimum Gasteiger partial charge on any atom is -0.481 e. The molecule has 1 aromatic rings. The lowest BCUT2D eigenvalue weighted by atomic mass is 9.81. The van der Waals surface area contributed by atoms with Gasteiger partial charge >= 0.3 is 5.97 Å². The average molecular weight is 310 g/mol. The highest BCUT2D eigenvalue weighted by Crippen LogP contribution is 2.43. The minimum absolute atomic E-state index is 0.134. The average Bonchev–Trinajstić information content (AvgIpc) is 3.09. The van der Waals surface area contributed by atoms with Crippen molar-refractivity contribution in [1.82, 2.24) is 19.9 Å². The van der Waals surface area contributed by atoms with Gasteiger partial charge in [0.2, 0.25) is 5.89 Å². The topological polar surface area (TPSA) is 91.9 Å². The number of hydrogen-bond donors (Lipinski definition) is 1. The van der Waals surface area contributed by atoms with Crippen LogP contribution >= 0.6 is 0 Å². The molecule has 8 nitrogen and oxygen atoms in total. The van der Waals surface area contributed by atoms with E-state index in [2.05, 4.69) is 19.9 Å². The first-order chi connectivity index (χ1) is 10.5. The van der Waals surface area contributed by atoms with Crippen LogP contribution in [0.1, 0.15) is 11.7 Å². The highest BCUT2D eigenvalue weighted by atomic mass is 16.5. The van der Waals surface area contributed by atoms with Crippen molar-refractivity contribution in [1.29, 1.82) is 0 Å². The summed E-state index contributed by atoms with van der Waals surface area (Å²) < 4.78 is 10.1. The van der Waals surface area contributed by atoms with E-state index in [9.17, 15) is 9.90 Å². The number of aryl methyl sites for hydroxylation is 1. The highest BCUT2D eigenvalue weighted by molar-refractivity contribution is 5.77. The Kier molecular flexibility index (Phi) is 4.16. The zero-order valence-corrected chi connectivity index (χ0v) is 13.0. The molecule has 0 amide bonds. The van der Waals surface area contributed by atoms with Crippen LogP contribution in [0.25, 0.3) is 0 Å². The molecule has 0 spiro atoms. The molecule has 1 N–H and O–H groups in total. The normalized spacial score (nSPS) is 29.1. The number of methoxy groups -OCH3 is 1. The summed E-state index contributed by atoms with van der Waals surface area (Å²) in [6.45, 7) is 6.38. The Morgan fingerprint density at radius 1 is 1.45 bits per heavy atom. The van der Waals surface area contributed by atoms with Crippen molar-refractivity contribution < 1.29 is 19.2 Å². The van der Waals surface area contributed by atoms with Crippen LogP contribution in [0.3, 0.4) is 0 Å². The molecule has 2 atom stereocenters. The number of carboxylic acids is 1. The van der Waals surface area contributed by atoms with E-state index in [-0.39, 0.29) is 5.92 Å². The lowest BCUT2D eigenvalue weighted by Gasteiger charge is -2.24. The third-order valence-electron chi connectivity index (χ3n) is 4.72. The maximum atomic E-state index is 11.9. The van der Waals surface area contributed by atoms with Crippen molar-refractivity contribution in [2.45, 2.75) is 13.5 Å². The Labute approximate surface area is 129 Å². The molecule has 0 unspecified atom stereocenters. The number of hydrogen-bond acceptors (Lipinski definition) is 7. The van der Waals surface area contributed by atoms with Crippen LogP contribution in [-0.2, 0) is 16.1 Å². The molecular weight excluding hydrogens is 288 g/mol. The summed E-state index contributed by atoms with van der Waals surface area (Å²) in [6, 6.07) is 0. The summed E-state index contributed by atoms with van der Waals surface area (Å²) in [5, 5.41) is 13.7. The smallest absolute Gasteiger partial charge is 0.312 e. The van der Waals surface area contributed by atoms with Crippen LogP contribution in [0.4, 0.5) is 0 Å². The quantitative estimate of drug-likeness (QED) is 0.775. The molecule has 0 bridgehead atoms. The summed E-state index contributed by atoms with van der Waals surface area (Å²) in [4.78, 5) is 20.4. The summed E-state index contributed by atoms with van der Waals surface area (Å²) in [6.07, 6.45) is 0. The summed E-state index contributed by atoms with van der Waals surface area (Å²) in [5.41, 5.74) is -0.688. The van der Waals surface area contributed by atoms with E-state index in [1.54, 1.807) is 14.0 Å². The Hall–Kier alpha value is -1.51. The SMILES string of the molecule is COCCN1C[C@@H]2CN(Cc3noc(C)n3)C[C@]2(C(=O)O)C1. The second kappa shape index (κ2) is 5.94. The van der Waals surface area contributed by atoms with Crippen molar-refractivity contribution in [3.8, 4) is 0 Å². The molecule has 22 heavy (non-hydrogen) atoms. The first-order valence-corrected chi connectivity index (χ1v) is 7.50. The van der Waals surface area contributed by atoms with Crippen molar-refractivity contribution in [2.24, 2.45) is 11.3 Å². The molecule has 2 fully saturated rings. The standard InChI is InChI=1S/C14H22N4O4/c1-10-15-12(16-22-10)7-18-6-11-5-17(3-4-21-2)8-14(11,9-18)13(19)20/h11H,3-9H2,1-2H3,(H,19,20)/t11-,14-/m1/s1. The van der Waals surface area contributed by atoms with Crippen molar-refractivity contribution in [2.75, 3.05) is 46.4 Å². The number of fused-ring (bicyclic) bond motifs is 1. The molecule has 3 rings (SSSR count). The van der Waals surface area contributed by atoms with Crippen molar-refractivity contribution >= 4 is 5.97 Å². The third-order valence-corrected chi connectivity index (χ3v) is 4.72. The van der Waals surface area contributed by atoms with Gasteiger partial charge in [-0.15, -0.1) is 0 Å². The molecule has 8 heteroatoms. The first-order valence-electron chi connectivity index (χ1n) is 7.50. The Bertz CT molecular complexity index is 549. The van der Waals surface area contributed by atoms with Gasteiger partial charge in [-0.05, 0) is 0 Å². The number of carbonyl (C=O) groups is 1. The number of carboxylic acid groups (broad SMARTS) is 1. The van der Waals surface area contributed by atoms with E-state index in [1.807, 2.05) is 0 Å². The molecule has 0 aliphatic carbocycles. The first kappa shape index (κ1) is 15.4. The maximum Gasteiger partial charge on any atom is 0.312 e. The van der Waals surface area contributed by atoms with Gasteiger partial charge in [0.1, 0.15) is 0 Å². The lowest BCUT2D eigenvalue weighted by Crippen LogP contribution is -2.41. The van der Waals surface area contributed by atoms with Gasteiger partial charge in [-0.25, -0.2) is 0 Å². The van der Waals surface area contributed by atoms with Gasteiger partial charge < -0.3 is 14.4 Å². The number of ether oxygens (including phenoxy) is 1. The van der Waals surface area contributed by atoms with Crippen molar-refractivity contribution in [3.63, 3.8) is 0 Å². The van der Waals surface area contributed by atoms with E-state index in [0.717, 1.165) is 19.6 Å². The minimum atomic E-state index is -0.704. The number of aromatic nitrogens is 2. The summed E-state index contributed by atoms with van der Waals surface area (Å²) >= 11 is 0. The van der Waals surface area contributed by atoms with E-state index >= 15 is 0 Å². The van der Waals surface area contributed by atoms with Gasteiger partial charge in [0.15, 0.2) is 5.82 Å². The molecule has 0 radical (unpaired) electrons. The van der Waals surface area contributed by atoms with Gasteiger partial charge in [0.05, 0.1) is 18.6 Å². The number of rotatable bonds is 6. The molecule has 0 aromatic carbocycles. The van der Waals surface area contributed by atoms with Crippen LogP contribution in [0, 0.1) is 18.3 Å². The van der Waals surface area contributed by atoms with Gasteiger partial charge in [-0.2, -0.15) is 4.98 Å². The molecule has 2 aliphatic heterocycles. The molecule has 2 aliphatic rings. The van der Waals surface area contributed by atoms with E-state index in [0.29, 0.717) is 38.0 Å². The van der Waals surface area contributed by atoms with Crippen LogP contribution in [-0.4, -0.2) is 77.5 Å². The zero-order valence-electron chi connectivity index (χ0n) is 13.0. The van der Waals surface area contributed by atoms with Gasteiger partial charge in [-0.3, -0.25) is 14.6 Å². The summed E-state index contributed by atoms with van der Waals surface area (Å²) in [5.74, 6) is 0.585. The second-order valence-electron chi connectivity index (χ2n) is 6.29. The fourth-order valence-electron chi connectivity index (χ4n) is 3.69. The maximum absolute atomic E-state index is 11.9. The molecule has 0 saturated carbocycles. The molecule has 122 valence electrons. The van der Waals surface area contributed by atoms with Crippen LogP contribution in [0.15, 0.2) is 4.52 Å². The monoisotopic (exact) mass is 310 g/mol. The largest absolute Gasteiger partial charge is 0.481 e. The molecule has 3 heterocycles. The Balaban J connectivity index is 1.67. The van der Waals surface area contributed by atoms with E-state index in [1.165, 1.54) is 0 Å². The number of likely N-dealkylation sites (tertiary alicyclic amines) is 2. The van der Waals surface area contributed by atoms with E-state index in [4.69, 9.17) is 9.26 Å². The number of nitrogens with zero attached hydrogens (tertiary/aromatic N) is 4.